The summed E-state index contributed by atoms with van der Waals surface area (Å²) in [6.45, 7) is 0.912. The van der Waals surface area contributed by atoms with Gasteiger partial charge in [-0.2, -0.15) is 0 Å². The molecule has 1 unspecified atom stereocenters. The second-order valence-electron chi connectivity index (χ2n) is 4.50. The summed E-state index contributed by atoms with van der Waals surface area (Å²) in [5.74, 6) is 1.11. The van der Waals surface area contributed by atoms with Crippen molar-refractivity contribution < 1.29 is 17.9 Å². The molecule has 1 saturated heterocycles. The summed E-state index contributed by atoms with van der Waals surface area (Å²) < 4.78 is 35.2. The topological polar surface area (TPSA) is 64.6 Å². The third-order valence-electron chi connectivity index (χ3n) is 3.31. The lowest BCUT2D eigenvalue weighted by molar-refractivity contribution is 0.174. The van der Waals surface area contributed by atoms with Crippen LogP contribution in [0.2, 0.25) is 0 Å². The predicted molar refractivity (Wildman–Crippen MR) is 65.4 cm³/mol. The predicted octanol–water partition coefficient (Wildman–Crippen LogP) is 1.29. The molecule has 0 spiro atoms. The maximum Gasteiger partial charge on any atom is 0.231 e. The first-order valence-corrected chi connectivity index (χ1v) is 7.59. The molecular formula is C12H15NO4S. The first-order valence-electron chi connectivity index (χ1n) is 6.05. The van der Waals surface area contributed by atoms with Gasteiger partial charge in [-0.15, -0.1) is 0 Å². The van der Waals surface area contributed by atoms with E-state index in [1.807, 2.05) is 0 Å². The largest absolute Gasteiger partial charge is 0.454 e. The van der Waals surface area contributed by atoms with Crippen molar-refractivity contribution >= 4 is 9.84 Å². The van der Waals surface area contributed by atoms with E-state index in [9.17, 15) is 8.42 Å². The minimum atomic E-state index is -3.33. The van der Waals surface area contributed by atoms with E-state index in [4.69, 9.17) is 9.47 Å². The van der Waals surface area contributed by atoms with Crippen LogP contribution >= 0.6 is 0 Å². The number of sulfone groups is 1. The molecule has 2 aliphatic heterocycles. The van der Waals surface area contributed by atoms with Crippen LogP contribution in [0, 0.1) is 0 Å². The van der Waals surface area contributed by atoms with E-state index in [2.05, 4.69) is 5.32 Å². The molecule has 1 aromatic rings. The Balaban J connectivity index is 1.93. The van der Waals surface area contributed by atoms with Crippen LogP contribution in [0.1, 0.15) is 19.3 Å². The quantitative estimate of drug-likeness (QED) is 0.876. The van der Waals surface area contributed by atoms with Gasteiger partial charge in [-0.25, -0.2) is 8.42 Å². The number of rotatable bonds is 2. The first kappa shape index (κ1) is 11.8. The summed E-state index contributed by atoms with van der Waals surface area (Å²) in [4.78, 5) is 0.297. The lowest BCUT2D eigenvalue weighted by Gasteiger charge is -2.23. The highest BCUT2D eigenvalue weighted by Gasteiger charge is 2.30. The number of hydrogen-bond acceptors (Lipinski definition) is 5. The summed E-state index contributed by atoms with van der Waals surface area (Å²) in [6.07, 6.45) is 2.64. The van der Waals surface area contributed by atoms with Crippen LogP contribution in [-0.4, -0.2) is 27.1 Å². The van der Waals surface area contributed by atoms with Crippen molar-refractivity contribution in [1.82, 2.24) is 5.32 Å². The molecule has 0 aliphatic carbocycles. The molecule has 1 fully saturated rings. The molecule has 3 rings (SSSR count). The van der Waals surface area contributed by atoms with Gasteiger partial charge < -0.3 is 14.8 Å². The zero-order valence-corrected chi connectivity index (χ0v) is 10.7. The molecule has 1 atom stereocenters. The fourth-order valence-corrected chi connectivity index (χ4v) is 3.97. The van der Waals surface area contributed by atoms with Crippen molar-refractivity contribution in [1.29, 1.82) is 0 Å². The maximum absolute atomic E-state index is 12.4. The Morgan fingerprint density at radius 3 is 2.78 bits per heavy atom. The number of piperidine rings is 1. The molecule has 0 amide bonds. The molecule has 0 saturated carbocycles. The van der Waals surface area contributed by atoms with Crippen LogP contribution in [0.25, 0.3) is 0 Å². The van der Waals surface area contributed by atoms with Gasteiger partial charge in [0, 0.05) is 6.07 Å². The standard InChI is InChI=1S/C12H15NO4S/c14-18(15,12-3-1-2-6-13-12)9-4-5-10-11(7-9)17-8-16-10/h4-5,7,12-13H,1-3,6,8H2. The highest BCUT2D eigenvalue weighted by Crippen LogP contribution is 2.35. The van der Waals surface area contributed by atoms with E-state index in [0.29, 0.717) is 22.8 Å². The highest BCUT2D eigenvalue weighted by atomic mass is 32.2. The van der Waals surface area contributed by atoms with Gasteiger partial charge in [0.05, 0.1) is 4.90 Å². The van der Waals surface area contributed by atoms with Crippen LogP contribution in [0.5, 0.6) is 11.5 Å². The van der Waals surface area contributed by atoms with Crippen LogP contribution in [0.4, 0.5) is 0 Å². The van der Waals surface area contributed by atoms with Gasteiger partial charge in [0.1, 0.15) is 5.37 Å². The fraction of sp³-hybridized carbons (Fsp3) is 0.500. The molecule has 6 heteroatoms. The van der Waals surface area contributed by atoms with Crippen LogP contribution in [0.15, 0.2) is 23.1 Å². The van der Waals surface area contributed by atoms with Crippen molar-refractivity contribution in [2.75, 3.05) is 13.3 Å². The normalized spacial score (nSPS) is 23.0. The lowest BCUT2D eigenvalue weighted by atomic mass is 10.2. The Labute approximate surface area is 106 Å². The Morgan fingerprint density at radius 1 is 1.17 bits per heavy atom. The van der Waals surface area contributed by atoms with E-state index in [1.165, 1.54) is 0 Å². The van der Waals surface area contributed by atoms with Crippen molar-refractivity contribution in [3.63, 3.8) is 0 Å². The number of hydrogen-bond donors (Lipinski definition) is 1. The Bertz CT molecular complexity index is 549. The molecule has 0 radical (unpaired) electrons. The van der Waals surface area contributed by atoms with Gasteiger partial charge >= 0.3 is 0 Å². The summed E-state index contributed by atoms with van der Waals surface area (Å²) >= 11 is 0. The molecule has 1 aromatic carbocycles. The highest BCUT2D eigenvalue weighted by molar-refractivity contribution is 7.92. The molecule has 2 aliphatic rings. The van der Waals surface area contributed by atoms with E-state index < -0.39 is 15.2 Å². The van der Waals surface area contributed by atoms with Gasteiger partial charge in [-0.3, -0.25) is 0 Å². The smallest absolute Gasteiger partial charge is 0.231 e. The van der Waals surface area contributed by atoms with Crippen molar-refractivity contribution in [2.45, 2.75) is 29.5 Å². The molecule has 1 N–H and O–H groups in total. The molecule has 0 aromatic heterocycles. The van der Waals surface area contributed by atoms with E-state index >= 15 is 0 Å². The van der Waals surface area contributed by atoms with Crippen molar-refractivity contribution in [3.05, 3.63) is 18.2 Å². The summed E-state index contributed by atoms with van der Waals surface area (Å²) in [5, 5.41) is 2.59. The average Bonchev–Trinajstić information content (AvgIpc) is 2.87. The zero-order chi connectivity index (χ0) is 12.6. The minimum absolute atomic E-state index is 0.153. The minimum Gasteiger partial charge on any atom is -0.454 e. The van der Waals surface area contributed by atoms with Gasteiger partial charge in [0.25, 0.3) is 0 Å². The van der Waals surface area contributed by atoms with E-state index in [0.717, 1.165) is 19.4 Å². The second kappa shape index (κ2) is 4.44. The molecular weight excluding hydrogens is 254 g/mol. The Hall–Kier alpha value is -1.27. The number of benzene rings is 1. The monoisotopic (exact) mass is 269 g/mol. The van der Waals surface area contributed by atoms with E-state index in [1.54, 1.807) is 18.2 Å². The molecule has 2 heterocycles. The SMILES string of the molecule is O=S(=O)(c1ccc2c(c1)OCO2)C1CCCCN1. The van der Waals surface area contributed by atoms with Crippen LogP contribution in [-0.2, 0) is 9.84 Å². The third-order valence-corrected chi connectivity index (χ3v) is 5.37. The van der Waals surface area contributed by atoms with Crippen molar-refractivity contribution in [3.8, 4) is 11.5 Å². The second-order valence-corrected chi connectivity index (χ2v) is 6.63. The first-order chi connectivity index (χ1) is 8.68. The maximum atomic E-state index is 12.4. The fourth-order valence-electron chi connectivity index (χ4n) is 2.30. The molecule has 98 valence electrons. The Kier molecular flexibility index (Phi) is 2.91. The van der Waals surface area contributed by atoms with Gasteiger partial charge in [-0.05, 0) is 37.9 Å². The van der Waals surface area contributed by atoms with E-state index in [-0.39, 0.29) is 6.79 Å². The number of nitrogens with one attached hydrogen (secondary N) is 1. The molecule has 5 nitrogen and oxygen atoms in total. The third kappa shape index (κ3) is 1.95. The van der Waals surface area contributed by atoms with Crippen molar-refractivity contribution in [2.24, 2.45) is 0 Å². The van der Waals surface area contributed by atoms with Crippen LogP contribution < -0.4 is 14.8 Å². The summed E-state index contributed by atoms with van der Waals surface area (Å²) in [5.41, 5.74) is 0. The summed E-state index contributed by atoms with van der Waals surface area (Å²) in [7, 11) is -3.33. The zero-order valence-electron chi connectivity index (χ0n) is 9.89. The molecule has 18 heavy (non-hydrogen) atoms. The number of ether oxygens (including phenoxy) is 2. The van der Waals surface area contributed by atoms with Gasteiger partial charge in [0.15, 0.2) is 21.3 Å². The number of fused-ring (bicyclic) bond motifs is 1. The lowest BCUT2D eigenvalue weighted by Crippen LogP contribution is -2.40. The Morgan fingerprint density at radius 2 is 2.00 bits per heavy atom. The molecule has 0 bridgehead atoms. The average molecular weight is 269 g/mol. The van der Waals surface area contributed by atoms with Gasteiger partial charge in [-0.1, -0.05) is 0 Å². The van der Waals surface area contributed by atoms with Gasteiger partial charge in [0.2, 0.25) is 6.79 Å². The van der Waals surface area contributed by atoms with Crippen LogP contribution in [0.3, 0.4) is 0 Å². The summed E-state index contributed by atoms with van der Waals surface area (Å²) in [6, 6.07) is 4.78.